The first-order chi connectivity index (χ1) is 7.42. The fourth-order valence-electron chi connectivity index (χ4n) is 2.44. The van der Waals surface area contributed by atoms with Crippen molar-refractivity contribution < 1.29 is 9.90 Å². The van der Waals surface area contributed by atoms with Gasteiger partial charge in [0, 0.05) is 5.56 Å². The van der Waals surface area contributed by atoms with Crippen molar-refractivity contribution in [3.8, 4) is 0 Å². The van der Waals surface area contributed by atoms with E-state index in [0.29, 0.717) is 0 Å². The van der Waals surface area contributed by atoms with Gasteiger partial charge in [-0.3, -0.25) is 4.79 Å². The highest BCUT2D eigenvalue weighted by atomic mass is 16.3. The lowest BCUT2D eigenvalue weighted by Gasteiger charge is -2.35. The smallest absolute Gasteiger partial charge is 0.159 e. The van der Waals surface area contributed by atoms with Crippen LogP contribution in [-0.4, -0.2) is 10.9 Å². The average Bonchev–Trinajstić information content (AvgIpc) is 2.23. The summed E-state index contributed by atoms with van der Waals surface area (Å²) >= 11 is 0. The van der Waals surface area contributed by atoms with Crippen LogP contribution in [0.4, 0.5) is 0 Å². The second-order valence-corrected chi connectivity index (χ2v) is 5.30. The van der Waals surface area contributed by atoms with Gasteiger partial charge in [-0.25, -0.2) is 0 Å². The highest BCUT2D eigenvalue weighted by molar-refractivity contribution is 5.94. The maximum Gasteiger partial charge on any atom is 0.159 e. The van der Waals surface area contributed by atoms with E-state index in [1.54, 1.807) is 6.92 Å². The molecular weight excluding hydrogens is 200 g/mol. The number of hydrogen-bond donors (Lipinski definition) is 1. The topological polar surface area (TPSA) is 37.3 Å². The molecule has 1 unspecified atom stereocenters. The third kappa shape index (κ3) is 1.78. The largest absolute Gasteiger partial charge is 0.388 e. The Morgan fingerprint density at radius 3 is 2.75 bits per heavy atom. The Hall–Kier alpha value is -1.15. The number of carbonyl (C=O) groups is 1. The van der Waals surface area contributed by atoms with Crippen molar-refractivity contribution in [2.75, 3.05) is 0 Å². The van der Waals surface area contributed by atoms with Gasteiger partial charge in [-0.05, 0) is 42.4 Å². The van der Waals surface area contributed by atoms with Crippen molar-refractivity contribution in [3.63, 3.8) is 0 Å². The molecule has 0 spiro atoms. The van der Waals surface area contributed by atoms with Crippen LogP contribution in [-0.2, 0) is 5.41 Å². The number of hydrogen-bond acceptors (Lipinski definition) is 2. The number of rotatable bonds is 1. The van der Waals surface area contributed by atoms with E-state index < -0.39 is 0 Å². The molecule has 0 saturated heterocycles. The van der Waals surface area contributed by atoms with Crippen LogP contribution in [0.3, 0.4) is 0 Å². The Bertz CT molecular complexity index is 432. The molecule has 0 heterocycles. The summed E-state index contributed by atoms with van der Waals surface area (Å²) in [6, 6.07) is 5.66. The molecule has 0 fully saturated rings. The van der Waals surface area contributed by atoms with E-state index in [1.807, 2.05) is 18.2 Å². The van der Waals surface area contributed by atoms with Crippen molar-refractivity contribution >= 4 is 5.78 Å². The first-order valence-electron chi connectivity index (χ1n) is 5.75. The molecule has 16 heavy (non-hydrogen) atoms. The first-order valence-corrected chi connectivity index (χ1v) is 5.75. The number of carbonyl (C=O) groups excluding carboxylic acids is 1. The molecule has 86 valence electrons. The zero-order valence-electron chi connectivity index (χ0n) is 10.1. The average molecular weight is 218 g/mol. The molecule has 2 nitrogen and oxygen atoms in total. The predicted molar refractivity (Wildman–Crippen MR) is 63.7 cm³/mol. The van der Waals surface area contributed by atoms with E-state index in [4.69, 9.17) is 0 Å². The van der Waals surface area contributed by atoms with Crippen LogP contribution < -0.4 is 0 Å². The van der Waals surface area contributed by atoms with E-state index in [2.05, 4.69) is 13.8 Å². The highest BCUT2D eigenvalue weighted by Crippen LogP contribution is 2.41. The summed E-state index contributed by atoms with van der Waals surface area (Å²) in [7, 11) is 0. The standard InChI is InChI=1S/C14H18O2/c1-9(15)10-4-5-11-12(8-10)14(2,3)7-6-13(11)16/h4-5,8,13,16H,6-7H2,1-3H3. The third-order valence-electron chi connectivity index (χ3n) is 3.59. The van der Waals surface area contributed by atoms with Crippen molar-refractivity contribution in [1.29, 1.82) is 0 Å². The van der Waals surface area contributed by atoms with E-state index in [9.17, 15) is 9.90 Å². The molecule has 0 saturated carbocycles. The minimum Gasteiger partial charge on any atom is -0.388 e. The van der Waals surface area contributed by atoms with Crippen molar-refractivity contribution in [3.05, 3.63) is 34.9 Å². The summed E-state index contributed by atoms with van der Waals surface area (Å²) in [6.45, 7) is 5.91. The van der Waals surface area contributed by atoms with Crippen LogP contribution in [0.15, 0.2) is 18.2 Å². The molecule has 0 amide bonds. The molecular formula is C14H18O2. The molecule has 1 aliphatic carbocycles. The van der Waals surface area contributed by atoms with Gasteiger partial charge in [0.2, 0.25) is 0 Å². The summed E-state index contributed by atoms with van der Waals surface area (Å²) in [6.07, 6.45) is 1.39. The Morgan fingerprint density at radius 2 is 2.12 bits per heavy atom. The fraction of sp³-hybridized carbons (Fsp3) is 0.500. The van der Waals surface area contributed by atoms with Gasteiger partial charge in [0.1, 0.15) is 0 Å². The first kappa shape index (κ1) is 11.3. The van der Waals surface area contributed by atoms with Crippen LogP contribution in [0.1, 0.15) is 61.2 Å². The van der Waals surface area contributed by atoms with Gasteiger partial charge in [0.05, 0.1) is 6.10 Å². The van der Waals surface area contributed by atoms with Crippen molar-refractivity contribution in [2.45, 2.75) is 45.1 Å². The Labute approximate surface area is 96.3 Å². The Morgan fingerprint density at radius 1 is 1.44 bits per heavy atom. The summed E-state index contributed by atoms with van der Waals surface area (Å²) in [4.78, 5) is 11.4. The molecule has 1 aromatic carbocycles. The molecule has 1 aromatic rings. The monoisotopic (exact) mass is 218 g/mol. The molecule has 0 aromatic heterocycles. The van der Waals surface area contributed by atoms with Crippen molar-refractivity contribution in [1.82, 2.24) is 0 Å². The second kappa shape index (κ2) is 3.70. The lowest BCUT2D eigenvalue weighted by molar-refractivity contribution is 0.101. The Kier molecular flexibility index (Phi) is 2.62. The van der Waals surface area contributed by atoms with Gasteiger partial charge in [-0.2, -0.15) is 0 Å². The number of benzene rings is 1. The maximum absolute atomic E-state index is 11.4. The van der Waals surface area contributed by atoms with Gasteiger partial charge >= 0.3 is 0 Å². The van der Waals surface area contributed by atoms with Crippen LogP contribution in [0.2, 0.25) is 0 Å². The van der Waals surface area contributed by atoms with Crippen LogP contribution in [0, 0.1) is 0 Å². The zero-order valence-corrected chi connectivity index (χ0v) is 10.1. The SMILES string of the molecule is CC(=O)c1ccc2c(c1)C(C)(C)CCC2O. The summed E-state index contributed by atoms with van der Waals surface area (Å²) in [5, 5.41) is 9.94. The third-order valence-corrected chi connectivity index (χ3v) is 3.59. The molecule has 2 rings (SSSR count). The highest BCUT2D eigenvalue weighted by Gasteiger charge is 2.31. The number of ketones is 1. The van der Waals surface area contributed by atoms with E-state index in [-0.39, 0.29) is 17.3 Å². The predicted octanol–water partition coefficient (Wildman–Crippen LogP) is 2.99. The lowest BCUT2D eigenvalue weighted by atomic mass is 9.71. The quantitative estimate of drug-likeness (QED) is 0.736. The molecule has 2 heteroatoms. The van der Waals surface area contributed by atoms with Gasteiger partial charge in [-0.1, -0.05) is 26.0 Å². The Balaban J connectivity index is 2.57. The molecule has 1 atom stereocenters. The van der Waals surface area contributed by atoms with Crippen LogP contribution in [0.25, 0.3) is 0 Å². The van der Waals surface area contributed by atoms with E-state index in [1.165, 1.54) is 0 Å². The minimum absolute atomic E-state index is 0.0556. The van der Waals surface area contributed by atoms with Gasteiger partial charge in [0.25, 0.3) is 0 Å². The van der Waals surface area contributed by atoms with Gasteiger partial charge in [-0.15, -0.1) is 0 Å². The number of fused-ring (bicyclic) bond motifs is 1. The summed E-state index contributed by atoms with van der Waals surface area (Å²) in [5.74, 6) is 0.0821. The van der Waals surface area contributed by atoms with Crippen LogP contribution >= 0.6 is 0 Å². The van der Waals surface area contributed by atoms with Crippen LogP contribution in [0.5, 0.6) is 0 Å². The van der Waals surface area contributed by atoms with E-state index >= 15 is 0 Å². The number of aliphatic hydroxyl groups excluding tert-OH is 1. The second-order valence-electron chi connectivity index (χ2n) is 5.30. The van der Waals surface area contributed by atoms with Crippen molar-refractivity contribution in [2.24, 2.45) is 0 Å². The number of Topliss-reactive ketones (excluding diaryl/α,β-unsaturated/α-hetero) is 1. The normalized spacial score (nSPS) is 22.6. The fourth-order valence-corrected chi connectivity index (χ4v) is 2.44. The lowest BCUT2D eigenvalue weighted by Crippen LogP contribution is -2.26. The number of aliphatic hydroxyl groups is 1. The molecule has 0 bridgehead atoms. The van der Waals surface area contributed by atoms with E-state index in [0.717, 1.165) is 29.5 Å². The molecule has 1 N–H and O–H groups in total. The zero-order chi connectivity index (χ0) is 11.9. The van der Waals surface area contributed by atoms with Gasteiger partial charge in [0.15, 0.2) is 5.78 Å². The summed E-state index contributed by atoms with van der Waals surface area (Å²) in [5.41, 5.74) is 2.90. The minimum atomic E-state index is -0.371. The molecule has 0 aliphatic heterocycles. The van der Waals surface area contributed by atoms with Gasteiger partial charge < -0.3 is 5.11 Å². The maximum atomic E-state index is 11.4. The summed E-state index contributed by atoms with van der Waals surface area (Å²) < 4.78 is 0. The molecule has 0 radical (unpaired) electrons. The molecule has 1 aliphatic rings.